The number of amides is 4. The molecule has 34 heavy (non-hydrogen) atoms. The number of barbiturate groups is 1. The first kappa shape index (κ1) is 23.0. The van der Waals surface area contributed by atoms with Gasteiger partial charge in [-0.05, 0) is 18.2 Å². The van der Waals surface area contributed by atoms with E-state index in [1.54, 1.807) is 13.0 Å². The number of carbonyl (C=O) groups excluding carboxylic acids is 3. The van der Waals surface area contributed by atoms with Crippen molar-refractivity contribution < 1.29 is 33.4 Å². The second-order valence-corrected chi connectivity index (χ2v) is 7.84. The number of aliphatic hydroxyl groups excluding tert-OH is 1. The van der Waals surface area contributed by atoms with Crippen molar-refractivity contribution >= 4 is 28.8 Å². The summed E-state index contributed by atoms with van der Waals surface area (Å²) >= 11 is 0. The van der Waals surface area contributed by atoms with E-state index < -0.39 is 35.1 Å². The van der Waals surface area contributed by atoms with Crippen molar-refractivity contribution in [1.29, 1.82) is 0 Å². The number of carbonyl (C=O) groups is 3. The Morgan fingerprint density at radius 2 is 1.88 bits per heavy atom. The Morgan fingerprint density at radius 1 is 1.21 bits per heavy atom. The van der Waals surface area contributed by atoms with Gasteiger partial charge in [-0.15, -0.1) is 0 Å². The molecular weight excluding hydrogens is 448 g/mol. The fourth-order valence-corrected chi connectivity index (χ4v) is 4.24. The summed E-state index contributed by atoms with van der Waals surface area (Å²) in [6.07, 6.45) is 1.10. The van der Waals surface area contributed by atoms with Crippen LogP contribution in [-0.2, 0) is 16.1 Å². The number of hydrogen-bond donors (Lipinski definition) is 3. The van der Waals surface area contributed by atoms with Crippen molar-refractivity contribution in [3.63, 3.8) is 0 Å². The van der Waals surface area contributed by atoms with Crippen molar-refractivity contribution in [2.45, 2.75) is 26.3 Å². The molecule has 1 aromatic carbocycles. The van der Waals surface area contributed by atoms with E-state index in [2.05, 4.69) is 0 Å². The fraction of sp³-hybridized carbons (Fsp3) is 0.318. The van der Waals surface area contributed by atoms with E-state index in [1.165, 1.54) is 30.7 Å². The molecule has 1 fully saturated rings. The SMILES string of the molecule is COc1ccc2occ(C(c3n(CCO)c(C)c(C)[n+]3[O-])C3C(=O)NC(=O)NC3=O)c(=O)c2c1. The lowest BCUT2D eigenvalue weighted by Crippen LogP contribution is -2.58. The molecule has 1 atom stereocenters. The lowest BCUT2D eigenvalue weighted by molar-refractivity contribution is -0.621. The summed E-state index contributed by atoms with van der Waals surface area (Å²) in [4.78, 5) is 50.9. The zero-order valence-electron chi connectivity index (χ0n) is 18.6. The molecule has 3 heterocycles. The van der Waals surface area contributed by atoms with Crippen LogP contribution in [0, 0.1) is 25.0 Å². The topological polar surface area (TPSA) is 167 Å². The van der Waals surface area contributed by atoms with Crippen molar-refractivity contribution in [2.75, 3.05) is 13.7 Å². The summed E-state index contributed by atoms with van der Waals surface area (Å²) in [6, 6.07) is 3.57. The zero-order chi connectivity index (χ0) is 24.7. The summed E-state index contributed by atoms with van der Waals surface area (Å²) in [7, 11) is 1.43. The Morgan fingerprint density at radius 3 is 2.50 bits per heavy atom. The van der Waals surface area contributed by atoms with Crippen LogP contribution in [0.25, 0.3) is 11.0 Å². The number of nitrogens with zero attached hydrogens (tertiary/aromatic N) is 2. The highest BCUT2D eigenvalue weighted by molar-refractivity contribution is 6.16. The number of fused-ring (bicyclic) bond motifs is 1. The predicted octanol–water partition coefficient (Wildman–Crippen LogP) is -0.0403. The summed E-state index contributed by atoms with van der Waals surface area (Å²) in [5.74, 6) is -4.77. The number of nitrogens with one attached hydrogen (secondary N) is 2. The van der Waals surface area contributed by atoms with Gasteiger partial charge in [-0.25, -0.2) is 14.1 Å². The third-order valence-corrected chi connectivity index (χ3v) is 6.03. The van der Waals surface area contributed by atoms with Gasteiger partial charge in [0.1, 0.15) is 41.1 Å². The Labute approximate surface area is 192 Å². The van der Waals surface area contributed by atoms with Crippen LogP contribution in [0.1, 0.15) is 28.7 Å². The summed E-state index contributed by atoms with van der Waals surface area (Å²) in [6.45, 7) is 2.79. The van der Waals surface area contributed by atoms with Crippen LogP contribution in [0.5, 0.6) is 5.75 Å². The number of imide groups is 2. The molecule has 1 aliphatic rings. The number of urea groups is 1. The molecule has 0 saturated carbocycles. The minimum absolute atomic E-state index is 0.0324. The molecule has 1 unspecified atom stereocenters. The molecule has 0 aliphatic carbocycles. The first-order valence-corrected chi connectivity index (χ1v) is 10.3. The molecule has 3 aromatic rings. The van der Waals surface area contributed by atoms with Gasteiger partial charge in [0.2, 0.25) is 11.8 Å². The molecule has 4 amide bonds. The van der Waals surface area contributed by atoms with Crippen LogP contribution in [0.2, 0.25) is 0 Å². The molecular formula is C22H22N4O8. The van der Waals surface area contributed by atoms with E-state index in [4.69, 9.17) is 9.15 Å². The van der Waals surface area contributed by atoms with Crippen molar-refractivity contribution in [3.05, 3.63) is 62.7 Å². The highest BCUT2D eigenvalue weighted by Crippen LogP contribution is 2.33. The maximum Gasteiger partial charge on any atom is 0.328 e. The van der Waals surface area contributed by atoms with Gasteiger partial charge in [-0.3, -0.25) is 25.0 Å². The molecule has 1 aliphatic heterocycles. The molecule has 0 spiro atoms. The van der Waals surface area contributed by atoms with E-state index in [0.717, 1.165) is 6.26 Å². The third kappa shape index (κ3) is 3.57. The molecule has 12 nitrogen and oxygen atoms in total. The Kier molecular flexibility index (Phi) is 5.83. The largest absolute Gasteiger partial charge is 0.711 e. The normalized spacial score (nSPS) is 15.4. The van der Waals surface area contributed by atoms with Crippen molar-refractivity contribution in [1.82, 2.24) is 15.2 Å². The average Bonchev–Trinajstić information content (AvgIpc) is 3.00. The second kappa shape index (κ2) is 8.63. The number of aromatic nitrogens is 2. The Balaban J connectivity index is 2.05. The van der Waals surface area contributed by atoms with Gasteiger partial charge >= 0.3 is 6.03 Å². The first-order valence-electron chi connectivity index (χ1n) is 10.3. The zero-order valence-corrected chi connectivity index (χ0v) is 18.6. The van der Waals surface area contributed by atoms with Gasteiger partial charge in [0.05, 0.1) is 30.9 Å². The number of ether oxygens (including phenoxy) is 1. The van der Waals surface area contributed by atoms with Crippen LogP contribution in [-0.4, -0.2) is 41.2 Å². The third-order valence-electron chi connectivity index (χ3n) is 6.03. The minimum Gasteiger partial charge on any atom is -0.711 e. The van der Waals surface area contributed by atoms with Crippen LogP contribution >= 0.6 is 0 Å². The summed E-state index contributed by atoms with van der Waals surface area (Å²) < 4.78 is 12.8. The lowest BCUT2D eigenvalue weighted by atomic mass is 9.83. The number of methoxy groups -OCH3 is 1. The van der Waals surface area contributed by atoms with Crippen LogP contribution < -0.4 is 25.5 Å². The smallest absolute Gasteiger partial charge is 0.328 e. The quantitative estimate of drug-likeness (QED) is 0.256. The molecule has 178 valence electrons. The summed E-state index contributed by atoms with van der Waals surface area (Å²) in [5.41, 5.74) is 0.229. The van der Waals surface area contributed by atoms with Gasteiger partial charge in [0, 0.05) is 13.8 Å². The molecule has 0 radical (unpaired) electrons. The maximum atomic E-state index is 13.6. The van der Waals surface area contributed by atoms with E-state index in [9.17, 15) is 29.5 Å². The number of benzene rings is 1. The fourth-order valence-electron chi connectivity index (χ4n) is 4.24. The van der Waals surface area contributed by atoms with Gasteiger partial charge < -0.3 is 19.5 Å². The van der Waals surface area contributed by atoms with Crippen molar-refractivity contribution in [3.8, 4) is 5.75 Å². The van der Waals surface area contributed by atoms with Crippen LogP contribution in [0.3, 0.4) is 0 Å². The number of rotatable bonds is 6. The van der Waals surface area contributed by atoms with E-state index in [-0.39, 0.29) is 41.2 Å². The van der Waals surface area contributed by atoms with Gasteiger partial charge in [0.15, 0.2) is 5.43 Å². The molecule has 12 heteroatoms. The molecule has 3 N–H and O–H groups in total. The maximum absolute atomic E-state index is 13.6. The minimum atomic E-state index is -1.64. The van der Waals surface area contributed by atoms with E-state index in [1.807, 2.05) is 10.6 Å². The number of imidazole rings is 1. The van der Waals surface area contributed by atoms with Crippen molar-refractivity contribution in [2.24, 2.45) is 5.92 Å². The highest BCUT2D eigenvalue weighted by atomic mass is 16.5. The van der Waals surface area contributed by atoms with Gasteiger partial charge in [-0.2, -0.15) is 0 Å². The monoisotopic (exact) mass is 470 g/mol. The highest BCUT2D eigenvalue weighted by Gasteiger charge is 2.48. The predicted molar refractivity (Wildman–Crippen MR) is 116 cm³/mol. The van der Waals surface area contributed by atoms with Gasteiger partial charge in [0.25, 0.3) is 5.82 Å². The van der Waals surface area contributed by atoms with Crippen LogP contribution in [0.4, 0.5) is 4.79 Å². The lowest BCUT2D eigenvalue weighted by Gasteiger charge is -2.27. The molecule has 0 bridgehead atoms. The molecule has 1 saturated heterocycles. The Hall–Kier alpha value is -4.19. The molecule has 4 rings (SSSR count). The standard InChI is InChI=1S/C22H22N4O8/c1-10-11(2)26(32)21(25(10)6-7-27)16(17-19(29)23-22(31)24-20(17)30)14-9-34-15-5-4-12(33-3)8-13(15)18(14)28/h4-5,8-9,16-17,27H,6-7H2,1-3H3,(H2,23,24,29,30,31). The van der Waals surface area contributed by atoms with Crippen LogP contribution in [0.15, 0.2) is 33.7 Å². The number of aliphatic hydroxyl groups is 1. The average molecular weight is 470 g/mol. The number of hydrogen-bond acceptors (Lipinski definition) is 8. The Bertz CT molecular complexity index is 1370. The van der Waals surface area contributed by atoms with E-state index >= 15 is 0 Å². The summed E-state index contributed by atoms with van der Waals surface area (Å²) in [5, 5.41) is 27.0. The second-order valence-electron chi connectivity index (χ2n) is 7.84. The first-order chi connectivity index (χ1) is 16.2. The van der Waals surface area contributed by atoms with Gasteiger partial charge in [-0.1, -0.05) is 0 Å². The van der Waals surface area contributed by atoms with E-state index in [0.29, 0.717) is 16.2 Å². The molecule has 2 aromatic heterocycles.